The van der Waals surface area contributed by atoms with Crippen LogP contribution in [0.2, 0.25) is 0 Å². The van der Waals surface area contributed by atoms with Crippen LogP contribution in [0.3, 0.4) is 0 Å². The molecular weight excluding hydrogens is 318 g/mol. The van der Waals surface area contributed by atoms with Gasteiger partial charge in [0.25, 0.3) is 0 Å². The molecule has 0 N–H and O–H groups in total. The SMILES string of the molecule is c1cncc(CN2CCOCC3(CCC(CN4CCOCC4)O3)C2)c1. The highest BCUT2D eigenvalue weighted by Gasteiger charge is 2.43. The first kappa shape index (κ1) is 17.4. The number of nitrogens with zero attached hydrogens (tertiary/aromatic N) is 3. The summed E-state index contributed by atoms with van der Waals surface area (Å²) in [5, 5.41) is 0. The molecule has 3 aliphatic heterocycles. The molecule has 0 aliphatic carbocycles. The van der Waals surface area contributed by atoms with Crippen LogP contribution in [0.15, 0.2) is 24.5 Å². The Kier molecular flexibility index (Phi) is 5.63. The molecule has 3 saturated heterocycles. The van der Waals surface area contributed by atoms with Gasteiger partial charge in [0.1, 0.15) is 5.60 Å². The van der Waals surface area contributed by atoms with E-state index in [2.05, 4.69) is 20.9 Å². The Balaban J connectivity index is 1.35. The van der Waals surface area contributed by atoms with Crippen molar-refractivity contribution in [1.82, 2.24) is 14.8 Å². The van der Waals surface area contributed by atoms with E-state index < -0.39 is 0 Å². The second-order valence-corrected chi connectivity index (χ2v) is 7.50. The minimum atomic E-state index is -0.143. The van der Waals surface area contributed by atoms with E-state index in [9.17, 15) is 0 Å². The first-order valence-electron chi connectivity index (χ1n) is 9.48. The Labute approximate surface area is 150 Å². The van der Waals surface area contributed by atoms with E-state index in [0.717, 1.165) is 78.5 Å². The average molecular weight is 347 g/mol. The maximum absolute atomic E-state index is 6.58. The lowest BCUT2D eigenvalue weighted by molar-refractivity contribution is -0.0967. The van der Waals surface area contributed by atoms with Gasteiger partial charge in [-0.25, -0.2) is 0 Å². The summed E-state index contributed by atoms with van der Waals surface area (Å²) in [6, 6.07) is 4.14. The van der Waals surface area contributed by atoms with Gasteiger partial charge in [-0.3, -0.25) is 14.8 Å². The number of hydrogen-bond acceptors (Lipinski definition) is 6. The summed E-state index contributed by atoms with van der Waals surface area (Å²) < 4.78 is 17.9. The van der Waals surface area contributed by atoms with Gasteiger partial charge in [-0.05, 0) is 24.5 Å². The molecule has 25 heavy (non-hydrogen) atoms. The first-order valence-corrected chi connectivity index (χ1v) is 9.48. The fraction of sp³-hybridized carbons (Fsp3) is 0.737. The van der Waals surface area contributed by atoms with Crippen molar-refractivity contribution in [3.05, 3.63) is 30.1 Å². The molecular formula is C19H29N3O3. The minimum absolute atomic E-state index is 0.143. The van der Waals surface area contributed by atoms with Crippen molar-refractivity contribution >= 4 is 0 Å². The number of morpholine rings is 1. The molecule has 3 fully saturated rings. The molecule has 3 aliphatic rings. The molecule has 1 spiro atoms. The zero-order chi connectivity index (χ0) is 17.0. The van der Waals surface area contributed by atoms with E-state index in [-0.39, 0.29) is 5.60 Å². The summed E-state index contributed by atoms with van der Waals surface area (Å²) >= 11 is 0. The maximum Gasteiger partial charge on any atom is 0.105 e. The Morgan fingerprint density at radius 1 is 1.12 bits per heavy atom. The van der Waals surface area contributed by atoms with Gasteiger partial charge in [-0.1, -0.05) is 6.07 Å². The van der Waals surface area contributed by atoms with Gasteiger partial charge in [0.2, 0.25) is 0 Å². The van der Waals surface area contributed by atoms with Gasteiger partial charge in [-0.15, -0.1) is 0 Å². The fourth-order valence-corrected chi connectivity index (χ4v) is 4.19. The van der Waals surface area contributed by atoms with E-state index in [0.29, 0.717) is 6.10 Å². The van der Waals surface area contributed by atoms with E-state index in [4.69, 9.17) is 14.2 Å². The molecule has 0 bridgehead atoms. The highest BCUT2D eigenvalue weighted by molar-refractivity contribution is 5.08. The number of aromatic nitrogens is 1. The summed E-state index contributed by atoms with van der Waals surface area (Å²) in [5.74, 6) is 0. The van der Waals surface area contributed by atoms with Gasteiger partial charge in [0.15, 0.2) is 0 Å². The van der Waals surface area contributed by atoms with Gasteiger partial charge in [-0.2, -0.15) is 0 Å². The number of pyridine rings is 1. The topological polar surface area (TPSA) is 47.1 Å². The van der Waals surface area contributed by atoms with Crippen LogP contribution in [0.4, 0.5) is 0 Å². The van der Waals surface area contributed by atoms with E-state index in [1.54, 1.807) is 0 Å². The monoisotopic (exact) mass is 347 g/mol. The quantitative estimate of drug-likeness (QED) is 0.815. The Morgan fingerprint density at radius 2 is 1.96 bits per heavy atom. The molecule has 0 saturated carbocycles. The molecule has 1 aromatic rings. The van der Waals surface area contributed by atoms with Crippen LogP contribution < -0.4 is 0 Å². The predicted octanol–water partition coefficient (Wildman–Crippen LogP) is 1.16. The summed E-state index contributed by atoms with van der Waals surface area (Å²) in [4.78, 5) is 9.16. The van der Waals surface area contributed by atoms with Crippen LogP contribution in [0.1, 0.15) is 18.4 Å². The van der Waals surface area contributed by atoms with Gasteiger partial charge < -0.3 is 14.2 Å². The largest absolute Gasteiger partial charge is 0.379 e. The molecule has 0 aromatic carbocycles. The second kappa shape index (κ2) is 8.10. The molecule has 4 rings (SSSR count). The normalized spacial score (nSPS) is 32.1. The molecule has 138 valence electrons. The predicted molar refractivity (Wildman–Crippen MR) is 94.4 cm³/mol. The molecule has 0 amide bonds. The molecule has 0 radical (unpaired) electrons. The highest BCUT2D eigenvalue weighted by atomic mass is 16.6. The van der Waals surface area contributed by atoms with Crippen molar-refractivity contribution in [2.45, 2.75) is 31.1 Å². The van der Waals surface area contributed by atoms with Crippen molar-refractivity contribution in [2.24, 2.45) is 0 Å². The molecule has 1 aromatic heterocycles. The van der Waals surface area contributed by atoms with Gasteiger partial charge >= 0.3 is 0 Å². The summed E-state index contributed by atoms with van der Waals surface area (Å²) in [5.41, 5.74) is 1.11. The van der Waals surface area contributed by atoms with Crippen LogP contribution in [0.5, 0.6) is 0 Å². The Morgan fingerprint density at radius 3 is 2.80 bits per heavy atom. The Bertz CT molecular complexity index is 538. The summed E-state index contributed by atoms with van der Waals surface area (Å²) in [6.07, 6.45) is 6.31. The lowest BCUT2D eigenvalue weighted by Gasteiger charge is -2.33. The standard InChI is InChI=1S/C19H29N3O3/c1-2-17(12-20-5-1)13-22-8-11-24-16-19(15-22)4-3-18(25-19)14-21-6-9-23-10-7-21/h1-2,5,12,18H,3-4,6-11,13-16H2. The van der Waals surface area contributed by atoms with Crippen molar-refractivity contribution in [3.63, 3.8) is 0 Å². The highest BCUT2D eigenvalue weighted by Crippen LogP contribution is 2.33. The van der Waals surface area contributed by atoms with E-state index >= 15 is 0 Å². The zero-order valence-corrected chi connectivity index (χ0v) is 14.9. The third-order valence-electron chi connectivity index (χ3n) is 5.46. The number of ether oxygens (including phenoxy) is 3. The average Bonchev–Trinajstić information content (AvgIpc) is 2.91. The van der Waals surface area contributed by atoms with Crippen molar-refractivity contribution < 1.29 is 14.2 Å². The van der Waals surface area contributed by atoms with Crippen molar-refractivity contribution in [2.75, 3.05) is 59.2 Å². The first-order chi connectivity index (χ1) is 12.3. The number of rotatable bonds is 4. The Hall–Kier alpha value is -1.05. The maximum atomic E-state index is 6.58. The van der Waals surface area contributed by atoms with E-state index in [1.165, 1.54) is 5.56 Å². The van der Waals surface area contributed by atoms with Gasteiger partial charge in [0.05, 0.1) is 32.5 Å². The zero-order valence-electron chi connectivity index (χ0n) is 14.9. The molecule has 2 unspecified atom stereocenters. The summed E-state index contributed by atoms with van der Waals surface area (Å²) in [6.45, 7) is 9.07. The molecule has 6 heteroatoms. The smallest absolute Gasteiger partial charge is 0.105 e. The fourth-order valence-electron chi connectivity index (χ4n) is 4.19. The molecule has 4 heterocycles. The molecule has 2 atom stereocenters. The van der Waals surface area contributed by atoms with Crippen LogP contribution in [-0.4, -0.2) is 85.6 Å². The second-order valence-electron chi connectivity index (χ2n) is 7.50. The lowest BCUT2D eigenvalue weighted by atomic mass is 10.00. The van der Waals surface area contributed by atoms with Crippen molar-refractivity contribution in [3.8, 4) is 0 Å². The molecule has 6 nitrogen and oxygen atoms in total. The van der Waals surface area contributed by atoms with Crippen LogP contribution >= 0.6 is 0 Å². The van der Waals surface area contributed by atoms with Crippen molar-refractivity contribution in [1.29, 1.82) is 0 Å². The van der Waals surface area contributed by atoms with Crippen LogP contribution in [0.25, 0.3) is 0 Å². The third kappa shape index (κ3) is 4.57. The third-order valence-corrected chi connectivity index (χ3v) is 5.46. The summed E-state index contributed by atoms with van der Waals surface area (Å²) in [7, 11) is 0. The number of hydrogen-bond donors (Lipinski definition) is 0. The van der Waals surface area contributed by atoms with Crippen LogP contribution in [0, 0.1) is 0 Å². The van der Waals surface area contributed by atoms with Gasteiger partial charge in [0, 0.05) is 51.7 Å². The van der Waals surface area contributed by atoms with Crippen LogP contribution in [-0.2, 0) is 20.8 Å². The lowest BCUT2D eigenvalue weighted by Crippen LogP contribution is -2.46. The minimum Gasteiger partial charge on any atom is -0.379 e. The van der Waals surface area contributed by atoms with E-state index in [1.807, 2.05) is 18.5 Å².